The van der Waals surface area contributed by atoms with Gasteiger partial charge in [-0.2, -0.15) is 0 Å². The van der Waals surface area contributed by atoms with E-state index in [1.165, 1.54) is 19.1 Å². The van der Waals surface area contributed by atoms with Crippen molar-refractivity contribution in [1.29, 1.82) is 0 Å². The Balaban J connectivity index is 2.78. The Hall–Kier alpha value is -1.24. The lowest BCUT2D eigenvalue weighted by Crippen LogP contribution is -2.19. The number of benzene rings is 1. The molecule has 0 saturated carbocycles. The minimum atomic E-state index is -0.657. The van der Waals surface area contributed by atoms with E-state index in [1.54, 1.807) is 0 Å². The van der Waals surface area contributed by atoms with Crippen LogP contribution in [0.4, 0.5) is 4.39 Å². The van der Waals surface area contributed by atoms with Gasteiger partial charge in [0.05, 0.1) is 16.6 Å². The predicted molar refractivity (Wildman–Crippen MR) is 62.0 cm³/mol. The summed E-state index contributed by atoms with van der Waals surface area (Å²) in [5, 5.41) is 2.36. The lowest BCUT2D eigenvalue weighted by atomic mass is 10.2. The van der Waals surface area contributed by atoms with E-state index in [4.69, 9.17) is 23.2 Å². The van der Waals surface area contributed by atoms with Gasteiger partial charge in [-0.25, -0.2) is 4.39 Å². The number of hydrogen-bond acceptors (Lipinski definition) is 1. The molecule has 0 aliphatic rings. The van der Waals surface area contributed by atoms with Crippen molar-refractivity contribution in [3.8, 4) is 11.8 Å². The molecule has 1 rings (SSSR count). The fourth-order valence-electron chi connectivity index (χ4n) is 0.943. The minimum absolute atomic E-state index is 0.0728. The standard InChI is InChI=1S/C11H8Cl2FNO/c1-7(16)15-4-2-3-8-5-9(12)11(14)10(13)6-8/h5-6H,4H2,1H3,(H,15,16). The van der Waals surface area contributed by atoms with Crippen LogP contribution in [0.3, 0.4) is 0 Å². The van der Waals surface area contributed by atoms with Crippen molar-refractivity contribution in [1.82, 2.24) is 5.32 Å². The average molecular weight is 260 g/mol. The van der Waals surface area contributed by atoms with Gasteiger partial charge in [-0.15, -0.1) is 0 Å². The number of halogens is 3. The van der Waals surface area contributed by atoms with Gasteiger partial charge in [-0.05, 0) is 12.1 Å². The molecule has 0 radical (unpaired) electrons. The van der Waals surface area contributed by atoms with E-state index in [-0.39, 0.29) is 22.5 Å². The number of carbonyl (C=O) groups excluding carboxylic acids is 1. The van der Waals surface area contributed by atoms with Gasteiger partial charge in [0.15, 0.2) is 5.82 Å². The summed E-state index contributed by atoms with van der Waals surface area (Å²) >= 11 is 11.2. The van der Waals surface area contributed by atoms with Crippen LogP contribution in [0.1, 0.15) is 12.5 Å². The summed E-state index contributed by atoms with van der Waals surface area (Å²) in [4.78, 5) is 10.5. The number of carbonyl (C=O) groups is 1. The Morgan fingerprint density at radius 1 is 1.44 bits per heavy atom. The van der Waals surface area contributed by atoms with Crippen molar-refractivity contribution in [3.63, 3.8) is 0 Å². The highest BCUT2D eigenvalue weighted by atomic mass is 35.5. The van der Waals surface area contributed by atoms with Crippen molar-refractivity contribution in [3.05, 3.63) is 33.6 Å². The molecule has 0 aliphatic carbocycles. The molecule has 0 heterocycles. The second-order valence-electron chi connectivity index (χ2n) is 2.97. The predicted octanol–water partition coefficient (Wildman–Crippen LogP) is 2.62. The Labute approximate surface area is 103 Å². The molecule has 0 spiro atoms. The van der Waals surface area contributed by atoms with Gasteiger partial charge in [0.1, 0.15) is 0 Å². The van der Waals surface area contributed by atoms with E-state index in [1.807, 2.05) is 0 Å². The summed E-state index contributed by atoms with van der Waals surface area (Å²) in [6.07, 6.45) is 0. The first-order chi connectivity index (χ1) is 7.50. The molecule has 16 heavy (non-hydrogen) atoms. The van der Waals surface area contributed by atoms with E-state index in [0.717, 1.165) is 0 Å². The van der Waals surface area contributed by atoms with Crippen LogP contribution in [0.5, 0.6) is 0 Å². The molecule has 1 aromatic carbocycles. The fraction of sp³-hybridized carbons (Fsp3) is 0.182. The third-order valence-corrected chi connectivity index (χ3v) is 2.19. The third kappa shape index (κ3) is 3.73. The van der Waals surface area contributed by atoms with E-state index < -0.39 is 5.82 Å². The van der Waals surface area contributed by atoms with Crippen molar-refractivity contribution in [2.45, 2.75) is 6.92 Å². The van der Waals surface area contributed by atoms with Crippen LogP contribution in [0.15, 0.2) is 12.1 Å². The van der Waals surface area contributed by atoms with Crippen LogP contribution in [-0.4, -0.2) is 12.5 Å². The molecule has 1 amide bonds. The largest absolute Gasteiger partial charge is 0.345 e. The molecular formula is C11H8Cl2FNO. The first-order valence-corrected chi connectivity index (χ1v) is 5.14. The first-order valence-electron chi connectivity index (χ1n) is 4.38. The van der Waals surface area contributed by atoms with E-state index >= 15 is 0 Å². The molecule has 0 aromatic heterocycles. The monoisotopic (exact) mass is 259 g/mol. The van der Waals surface area contributed by atoms with Gasteiger partial charge < -0.3 is 5.32 Å². The Morgan fingerprint density at radius 2 is 2.00 bits per heavy atom. The summed E-state index contributed by atoms with van der Waals surface area (Å²) in [5.41, 5.74) is 0.502. The van der Waals surface area contributed by atoms with Crippen LogP contribution in [0, 0.1) is 17.7 Å². The Morgan fingerprint density at radius 3 is 2.50 bits per heavy atom. The summed E-state index contributed by atoms with van der Waals surface area (Å²) in [6.45, 7) is 1.62. The van der Waals surface area contributed by atoms with Gasteiger partial charge in [-0.3, -0.25) is 4.79 Å². The minimum Gasteiger partial charge on any atom is -0.345 e. The highest BCUT2D eigenvalue weighted by molar-refractivity contribution is 6.35. The fourth-order valence-corrected chi connectivity index (χ4v) is 1.43. The van der Waals surface area contributed by atoms with Gasteiger partial charge in [0.25, 0.3) is 0 Å². The van der Waals surface area contributed by atoms with Crippen molar-refractivity contribution in [2.24, 2.45) is 0 Å². The topological polar surface area (TPSA) is 29.1 Å². The summed E-state index contributed by atoms with van der Waals surface area (Å²) < 4.78 is 13.0. The van der Waals surface area contributed by atoms with Crippen molar-refractivity contribution < 1.29 is 9.18 Å². The molecule has 5 heteroatoms. The highest BCUT2D eigenvalue weighted by Crippen LogP contribution is 2.24. The number of hydrogen-bond donors (Lipinski definition) is 1. The second-order valence-corrected chi connectivity index (χ2v) is 3.78. The molecule has 1 N–H and O–H groups in total. The lowest BCUT2D eigenvalue weighted by molar-refractivity contribution is -0.118. The van der Waals surface area contributed by atoms with Crippen LogP contribution in [-0.2, 0) is 4.79 Å². The van der Waals surface area contributed by atoms with Crippen LogP contribution < -0.4 is 5.32 Å². The van der Waals surface area contributed by atoms with Gasteiger partial charge in [0.2, 0.25) is 5.91 Å². The van der Waals surface area contributed by atoms with Gasteiger partial charge >= 0.3 is 0 Å². The summed E-state index contributed by atoms with van der Waals surface area (Å²) in [5.74, 6) is 4.57. The number of rotatable bonds is 1. The van der Waals surface area contributed by atoms with Gasteiger partial charge in [0, 0.05) is 12.5 Å². The zero-order chi connectivity index (χ0) is 12.1. The molecule has 0 saturated heterocycles. The maximum absolute atomic E-state index is 13.0. The molecule has 1 aromatic rings. The van der Waals surface area contributed by atoms with Crippen molar-refractivity contribution >= 4 is 29.1 Å². The average Bonchev–Trinajstić information content (AvgIpc) is 2.20. The van der Waals surface area contributed by atoms with E-state index in [2.05, 4.69) is 17.2 Å². The molecule has 0 fully saturated rings. The Bertz CT molecular complexity index is 454. The smallest absolute Gasteiger partial charge is 0.217 e. The summed E-state index contributed by atoms with van der Waals surface area (Å²) in [7, 11) is 0. The second kappa shape index (κ2) is 5.74. The molecule has 0 aliphatic heterocycles. The van der Waals surface area contributed by atoms with E-state index in [0.29, 0.717) is 5.56 Å². The number of nitrogens with one attached hydrogen (secondary N) is 1. The zero-order valence-electron chi connectivity index (χ0n) is 8.40. The first kappa shape index (κ1) is 12.8. The zero-order valence-corrected chi connectivity index (χ0v) is 9.92. The SMILES string of the molecule is CC(=O)NCC#Cc1cc(Cl)c(F)c(Cl)c1. The normalized spacial score (nSPS) is 9.25. The molecule has 84 valence electrons. The van der Waals surface area contributed by atoms with E-state index in [9.17, 15) is 9.18 Å². The third-order valence-electron chi connectivity index (χ3n) is 1.64. The number of amides is 1. The van der Waals surface area contributed by atoms with Crippen LogP contribution in [0.25, 0.3) is 0 Å². The van der Waals surface area contributed by atoms with Crippen LogP contribution >= 0.6 is 23.2 Å². The molecule has 2 nitrogen and oxygen atoms in total. The summed E-state index contributed by atoms with van der Waals surface area (Å²) in [6, 6.07) is 2.76. The van der Waals surface area contributed by atoms with Crippen LogP contribution in [0.2, 0.25) is 10.0 Å². The van der Waals surface area contributed by atoms with Gasteiger partial charge in [-0.1, -0.05) is 35.0 Å². The Kier molecular flexibility index (Phi) is 4.60. The quantitative estimate of drug-likeness (QED) is 0.610. The lowest BCUT2D eigenvalue weighted by Gasteiger charge is -1.98. The molecule has 0 unspecified atom stereocenters. The van der Waals surface area contributed by atoms with Crippen molar-refractivity contribution in [2.75, 3.05) is 6.54 Å². The highest BCUT2D eigenvalue weighted by Gasteiger charge is 2.05. The molecule has 0 bridgehead atoms. The molecular weight excluding hydrogens is 252 g/mol. The maximum Gasteiger partial charge on any atom is 0.217 e. The molecule has 0 atom stereocenters. The maximum atomic E-state index is 13.0.